The van der Waals surface area contributed by atoms with Gasteiger partial charge in [0.2, 0.25) is 5.91 Å². The van der Waals surface area contributed by atoms with E-state index in [1.54, 1.807) is 12.1 Å². The molecule has 1 aliphatic heterocycles. The van der Waals surface area contributed by atoms with Crippen molar-refractivity contribution < 1.29 is 23.8 Å². The van der Waals surface area contributed by atoms with Crippen LogP contribution in [0.25, 0.3) is 11.0 Å². The highest BCUT2D eigenvalue weighted by Gasteiger charge is 2.35. The summed E-state index contributed by atoms with van der Waals surface area (Å²) in [5.41, 5.74) is 5.64. The predicted octanol–water partition coefficient (Wildman–Crippen LogP) is 2.20. The monoisotopic (exact) mass is 480 g/mol. The van der Waals surface area contributed by atoms with Crippen molar-refractivity contribution in [3.05, 3.63) is 75.6 Å². The van der Waals surface area contributed by atoms with Crippen molar-refractivity contribution in [3.63, 3.8) is 0 Å². The van der Waals surface area contributed by atoms with Crippen LogP contribution in [0.4, 0.5) is 0 Å². The van der Waals surface area contributed by atoms with Gasteiger partial charge >= 0.3 is 5.63 Å². The predicted molar refractivity (Wildman–Crippen MR) is 133 cm³/mol. The Morgan fingerprint density at radius 2 is 1.97 bits per heavy atom. The average molecular weight is 481 g/mol. The van der Waals surface area contributed by atoms with E-state index < -0.39 is 17.1 Å². The number of aliphatic hydroxyl groups is 1. The number of aryl methyl sites for hydroxylation is 2. The molecule has 1 fully saturated rings. The lowest BCUT2D eigenvalue weighted by molar-refractivity contribution is -0.136. The van der Waals surface area contributed by atoms with Crippen LogP contribution in [0.3, 0.4) is 0 Å². The highest BCUT2D eigenvalue weighted by Crippen LogP contribution is 2.23. The molecule has 8 nitrogen and oxygen atoms in total. The molecule has 1 aliphatic rings. The maximum absolute atomic E-state index is 12.5. The molecule has 0 bridgehead atoms. The van der Waals surface area contributed by atoms with Gasteiger partial charge in [-0.25, -0.2) is 4.79 Å². The lowest BCUT2D eigenvalue weighted by Crippen LogP contribution is -2.47. The number of hydrogen-bond acceptors (Lipinski definition) is 7. The van der Waals surface area contributed by atoms with Crippen LogP contribution in [0.2, 0.25) is 0 Å². The van der Waals surface area contributed by atoms with Gasteiger partial charge in [0.15, 0.2) is 0 Å². The highest BCUT2D eigenvalue weighted by molar-refractivity contribution is 5.84. The van der Waals surface area contributed by atoms with Gasteiger partial charge in [-0.2, -0.15) is 0 Å². The standard InChI is InChI=1S/C27H32N2O6/c1-19-5-6-21-17-22(25(30)35-24(21)15-19)18-27(32,26(28)31)8-7-20-3-2-4-23(16-20)34-14-11-29-9-12-33-13-10-29/h2-6,15-17,32H,7-14,18H2,1H3,(H2,28,31). The third kappa shape index (κ3) is 6.48. The van der Waals surface area contributed by atoms with Gasteiger partial charge in [0.25, 0.3) is 0 Å². The van der Waals surface area contributed by atoms with Crippen LogP contribution in [0.5, 0.6) is 5.75 Å². The Bertz CT molecular complexity index is 1230. The Morgan fingerprint density at radius 3 is 2.74 bits per heavy atom. The molecule has 4 rings (SSSR count). The summed E-state index contributed by atoms with van der Waals surface area (Å²) in [4.78, 5) is 27.0. The van der Waals surface area contributed by atoms with Crippen LogP contribution >= 0.6 is 0 Å². The number of amides is 1. The van der Waals surface area contributed by atoms with Crippen LogP contribution in [-0.2, 0) is 22.4 Å². The molecule has 3 N–H and O–H groups in total. The molecule has 3 aromatic rings. The van der Waals surface area contributed by atoms with Crippen LogP contribution in [0, 0.1) is 6.92 Å². The summed E-state index contributed by atoms with van der Waals surface area (Å²) in [6.07, 6.45) is 0.230. The van der Waals surface area contributed by atoms with Crippen molar-refractivity contribution in [1.82, 2.24) is 4.90 Å². The van der Waals surface area contributed by atoms with E-state index in [9.17, 15) is 14.7 Å². The maximum Gasteiger partial charge on any atom is 0.339 e. The molecule has 0 aliphatic carbocycles. The third-order valence-corrected chi connectivity index (χ3v) is 6.41. The summed E-state index contributed by atoms with van der Waals surface area (Å²) in [5.74, 6) is -0.150. The Labute approximate surface area is 204 Å². The second-order valence-electron chi connectivity index (χ2n) is 9.12. The number of carbonyl (C=O) groups is 1. The minimum atomic E-state index is -1.89. The van der Waals surface area contributed by atoms with Gasteiger partial charge in [-0.15, -0.1) is 0 Å². The number of carbonyl (C=O) groups excluding carboxylic acids is 1. The van der Waals surface area contributed by atoms with Crippen molar-refractivity contribution in [2.45, 2.75) is 31.8 Å². The smallest absolute Gasteiger partial charge is 0.339 e. The van der Waals surface area contributed by atoms with E-state index in [1.807, 2.05) is 43.3 Å². The number of rotatable bonds is 10. The summed E-state index contributed by atoms with van der Waals surface area (Å²) in [6, 6.07) is 14.7. The topological polar surface area (TPSA) is 115 Å². The van der Waals surface area contributed by atoms with Crippen LogP contribution < -0.4 is 16.1 Å². The fraction of sp³-hybridized carbons (Fsp3) is 0.407. The molecule has 1 saturated heterocycles. The molecule has 1 atom stereocenters. The normalized spacial score (nSPS) is 16.2. The molecular formula is C27H32N2O6. The SMILES string of the molecule is Cc1ccc2cc(CC(O)(CCc3cccc(OCCN4CCOCC4)c3)C(N)=O)c(=O)oc2c1. The van der Waals surface area contributed by atoms with E-state index >= 15 is 0 Å². The Morgan fingerprint density at radius 1 is 1.17 bits per heavy atom. The lowest BCUT2D eigenvalue weighted by atomic mass is 9.88. The van der Waals surface area contributed by atoms with Crippen molar-refractivity contribution in [2.75, 3.05) is 39.5 Å². The molecular weight excluding hydrogens is 448 g/mol. The van der Waals surface area contributed by atoms with Gasteiger partial charge in [-0.05, 0) is 55.2 Å². The number of benzene rings is 2. The number of fused-ring (bicyclic) bond motifs is 1. The Kier molecular flexibility index (Phi) is 7.85. The molecule has 186 valence electrons. The number of ether oxygens (including phenoxy) is 2. The number of primary amides is 1. The largest absolute Gasteiger partial charge is 0.492 e. The summed E-state index contributed by atoms with van der Waals surface area (Å²) >= 11 is 0. The quantitative estimate of drug-likeness (QED) is 0.428. The van der Waals surface area contributed by atoms with Gasteiger partial charge in [0.05, 0.1) is 13.2 Å². The summed E-state index contributed by atoms with van der Waals surface area (Å²) in [5, 5.41) is 11.8. The maximum atomic E-state index is 12.5. The molecule has 0 spiro atoms. The second kappa shape index (κ2) is 11.0. The molecule has 8 heteroatoms. The molecule has 2 aromatic carbocycles. The summed E-state index contributed by atoms with van der Waals surface area (Å²) < 4.78 is 16.7. The van der Waals surface area contributed by atoms with E-state index in [-0.39, 0.29) is 18.4 Å². The van der Waals surface area contributed by atoms with E-state index in [0.717, 1.165) is 55.1 Å². The van der Waals surface area contributed by atoms with Crippen LogP contribution in [0.15, 0.2) is 57.7 Å². The fourth-order valence-electron chi connectivity index (χ4n) is 4.26. The van der Waals surface area contributed by atoms with Crippen molar-refractivity contribution in [2.24, 2.45) is 5.73 Å². The molecule has 0 radical (unpaired) electrons. The van der Waals surface area contributed by atoms with Gasteiger partial charge < -0.3 is 24.7 Å². The zero-order valence-electron chi connectivity index (χ0n) is 20.0. The van der Waals surface area contributed by atoms with E-state index in [1.165, 1.54) is 0 Å². The first-order valence-corrected chi connectivity index (χ1v) is 11.9. The van der Waals surface area contributed by atoms with E-state index in [2.05, 4.69) is 4.90 Å². The first-order valence-electron chi connectivity index (χ1n) is 11.9. The summed E-state index contributed by atoms with van der Waals surface area (Å²) in [7, 11) is 0. The first kappa shape index (κ1) is 24.9. The average Bonchev–Trinajstić information content (AvgIpc) is 2.84. The Hall–Kier alpha value is -3.20. The van der Waals surface area contributed by atoms with Gasteiger partial charge in [0.1, 0.15) is 23.5 Å². The van der Waals surface area contributed by atoms with Crippen LogP contribution in [0.1, 0.15) is 23.1 Å². The number of morpholine rings is 1. The Balaban J connectivity index is 1.40. The number of nitrogens with zero attached hydrogens (tertiary/aromatic N) is 1. The van der Waals surface area contributed by atoms with E-state index in [0.29, 0.717) is 18.6 Å². The molecule has 1 unspecified atom stereocenters. The van der Waals surface area contributed by atoms with Crippen LogP contribution in [-0.4, -0.2) is 61.0 Å². The summed E-state index contributed by atoms with van der Waals surface area (Å²) in [6.45, 7) is 6.60. The minimum absolute atomic E-state index is 0.0605. The zero-order chi connectivity index (χ0) is 24.8. The molecule has 1 aromatic heterocycles. The minimum Gasteiger partial charge on any atom is -0.492 e. The van der Waals surface area contributed by atoms with E-state index in [4.69, 9.17) is 19.6 Å². The van der Waals surface area contributed by atoms with Gasteiger partial charge in [-0.3, -0.25) is 9.69 Å². The van der Waals surface area contributed by atoms with Gasteiger partial charge in [-0.1, -0.05) is 24.3 Å². The lowest BCUT2D eigenvalue weighted by Gasteiger charge is -2.26. The second-order valence-corrected chi connectivity index (χ2v) is 9.12. The highest BCUT2D eigenvalue weighted by atomic mass is 16.5. The van der Waals surface area contributed by atoms with Crippen molar-refractivity contribution >= 4 is 16.9 Å². The molecule has 0 saturated carbocycles. The first-order chi connectivity index (χ1) is 16.8. The molecule has 1 amide bonds. The molecule has 35 heavy (non-hydrogen) atoms. The zero-order valence-corrected chi connectivity index (χ0v) is 20.0. The molecule has 2 heterocycles. The fourth-order valence-corrected chi connectivity index (χ4v) is 4.26. The van der Waals surface area contributed by atoms with Gasteiger partial charge in [0, 0.05) is 37.0 Å². The number of hydrogen-bond donors (Lipinski definition) is 2. The number of nitrogens with two attached hydrogens (primary N) is 1. The van der Waals surface area contributed by atoms with Crippen molar-refractivity contribution in [3.8, 4) is 5.75 Å². The van der Waals surface area contributed by atoms with Crippen molar-refractivity contribution in [1.29, 1.82) is 0 Å². The third-order valence-electron chi connectivity index (χ3n) is 6.41.